The molecule has 1 saturated heterocycles. The number of likely N-dealkylation sites (tertiary alicyclic amines) is 1. The molecule has 0 saturated carbocycles. The Hall–Kier alpha value is -2.34. The van der Waals surface area contributed by atoms with Crippen molar-refractivity contribution in [3.05, 3.63) is 102 Å². The van der Waals surface area contributed by atoms with Crippen molar-refractivity contribution in [2.75, 3.05) is 13.1 Å². The average molecular weight is 448 g/mol. The molecule has 0 aliphatic carbocycles. The van der Waals surface area contributed by atoms with Crippen molar-refractivity contribution in [2.24, 2.45) is 0 Å². The molecule has 4 nitrogen and oxygen atoms in total. The quantitative estimate of drug-likeness (QED) is 0.564. The molecule has 1 aromatic heterocycles. The second-order valence-electron chi connectivity index (χ2n) is 9.60. The molecule has 2 heterocycles. The second-order valence-corrected chi connectivity index (χ2v) is 11.6. The molecule has 5 heteroatoms. The molecule has 0 amide bonds. The van der Waals surface area contributed by atoms with Gasteiger partial charge in [0.15, 0.2) is 0 Å². The first kappa shape index (κ1) is 22.8. The van der Waals surface area contributed by atoms with Gasteiger partial charge in [-0.05, 0) is 62.9 Å². The van der Waals surface area contributed by atoms with Crippen LogP contribution >= 0.6 is 0 Å². The van der Waals surface area contributed by atoms with Crippen LogP contribution in [-0.4, -0.2) is 31.9 Å². The van der Waals surface area contributed by atoms with E-state index in [-0.39, 0.29) is 10.8 Å². The molecule has 2 aromatic carbocycles. The van der Waals surface area contributed by atoms with Gasteiger partial charge in [0.1, 0.15) is 0 Å². The maximum absolute atomic E-state index is 13.3. The molecule has 0 bridgehead atoms. The van der Waals surface area contributed by atoms with Crippen molar-refractivity contribution in [2.45, 2.75) is 49.9 Å². The summed E-state index contributed by atoms with van der Waals surface area (Å²) in [6.45, 7) is 7.80. The first-order valence-corrected chi connectivity index (χ1v) is 12.5. The molecule has 4 rings (SSSR count). The van der Waals surface area contributed by atoms with Crippen LogP contribution in [0.4, 0.5) is 0 Å². The third-order valence-electron chi connectivity index (χ3n) is 6.18. The van der Waals surface area contributed by atoms with Crippen LogP contribution in [0, 0.1) is 0 Å². The fourth-order valence-electron chi connectivity index (χ4n) is 4.55. The van der Waals surface area contributed by atoms with E-state index >= 15 is 0 Å². The highest BCUT2D eigenvalue weighted by molar-refractivity contribution is 7.84. The zero-order valence-corrected chi connectivity index (χ0v) is 20.0. The number of rotatable bonds is 6. The van der Waals surface area contributed by atoms with Gasteiger partial charge in [-0.3, -0.25) is 9.88 Å². The highest BCUT2D eigenvalue weighted by Crippen LogP contribution is 2.38. The molecule has 2 unspecified atom stereocenters. The topological polar surface area (TPSA) is 45.2 Å². The molecule has 168 valence electrons. The van der Waals surface area contributed by atoms with Gasteiger partial charge in [0.25, 0.3) is 0 Å². The van der Waals surface area contributed by atoms with Gasteiger partial charge in [0.2, 0.25) is 0 Å². The van der Waals surface area contributed by atoms with Crippen LogP contribution in [0.5, 0.6) is 0 Å². The molecule has 32 heavy (non-hydrogen) atoms. The predicted octanol–water partition coefficient (Wildman–Crippen LogP) is 5.21. The lowest BCUT2D eigenvalue weighted by atomic mass is 9.82. The van der Waals surface area contributed by atoms with Gasteiger partial charge in [-0.1, -0.05) is 66.7 Å². The first-order chi connectivity index (χ1) is 15.4. The van der Waals surface area contributed by atoms with Crippen LogP contribution in [-0.2, 0) is 16.5 Å². The van der Waals surface area contributed by atoms with Crippen LogP contribution in [0.2, 0.25) is 0 Å². The van der Waals surface area contributed by atoms with E-state index in [1.165, 1.54) is 11.1 Å². The van der Waals surface area contributed by atoms with E-state index in [2.05, 4.69) is 81.3 Å². The number of nitrogens with one attached hydrogen (secondary N) is 1. The molecular weight excluding hydrogens is 414 g/mol. The normalized spacial score (nSPS) is 20.9. The molecule has 1 fully saturated rings. The first-order valence-electron chi connectivity index (χ1n) is 11.3. The highest BCUT2D eigenvalue weighted by Gasteiger charge is 2.42. The van der Waals surface area contributed by atoms with Crippen molar-refractivity contribution >= 4 is 11.0 Å². The standard InChI is InChI=1S/C27H33N3OS/c1-26(2,3)32(31)29-27(24-16-10-18-28-20-24)17-11-19-30(21-27)25(22-12-6-4-7-13-22)23-14-8-5-9-15-23/h4-10,12-16,18,20,25,29H,11,17,19,21H2,1-3H3. The summed E-state index contributed by atoms with van der Waals surface area (Å²) in [5, 5.41) is 0. The lowest BCUT2D eigenvalue weighted by molar-refractivity contribution is 0.110. The third-order valence-corrected chi connectivity index (χ3v) is 7.86. The number of hydrogen-bond acceptors (Lipinski definition) is 3. The van der Waals surface area contributed by atoms with Gasteiger partial charge in [-0.25, -0.2) is 8.93 Å². The third kappa shape index (κ3) is 5.01. The summed E-state index contributed by atoms with van der Waals surface area (Å²) in [4.78, 5) is 6.94. The smallest absolute Gasteiger partial charge is 0.0979 e. The Kier molecular flexibility index (Phi) is 6.89. The van der Waals surface area contributed by atoms with Crippen molar-refractivity contribution in [3.8, 4) is 0 Å². The Morgan fingerprint density at radius 2 is 1.59 bits per heavy atom. The lowest BCUT2D eigenvalue weighted by Gasteiger charge is -2.47. The Bertz CT molecular complexity index is 982. The number of aromatic nitrogens is 1. The zero-order chi connectivity index (χ0) is 22.6. The molecule has 0 spiro atoms. The Morgan fingerprint density at radius 3 is 2.12 bits per heavy atom. The van der Waals surface area contributed by atoms with E-state index in [9.17, 15) is 4.21 Å². The Balaban J connectivity index is 1.75. The van der Waals surface area contributed by atoms with Crippen molar-refractivity contribution in [1.29, 1.82) is 0 Å². The number of nitrogens with zero attached hydrogens (tertiary/aromatic N) is 2. The van der Waals surface area contributed by atoms with Crippen LogP contribution in [0.1, 0.15) is 56.3 Å². The van der Waals surface area contributed by atoms with Gasteiger partial charge < -0.3 is 0 Å². The molecule has 1 aliphatic heterocycles. The molecule has 0 radical (unpaired) electrons. The minimum absolute atomic E-state index is 0.138. The molecule has 3 aromatic rings. The van der Waals surface area contributed by atoms with E-state index in [0.29, 0.717) is 0 Å². The summed E-state index contributed by atoms with van der Waals surface area (Å²) >= 11 is 0. The SMILES string of the molecule is CC(C)(C)S(=O)NC1(c2cccnc2)CCCN(C(c2ccccc2)c2ccccc2)C1. The second kappa shape index (κ2) is 9.65. The fraction of sp³-hybridized carbons (Fsp3) is 0.370. The summed E-state index contributed by atoms with van der Waals surface area (Å²) in [5.74, 6) is 0. The summed E-state index contributed by atoms with van der Waals surface area (Å²) < 4.78 is 16.5. The highest BCUT2D eigenvalue weighted by atomic mass is 32.2. The maximum atomic E-state index is 13.3. The number of benzene rings is 2. The molecular formula is C27H33N3OS. The molecule has 1 aliphatic rings. The van der Waals surface area contributed by atoms with Gasteiger partial charge in [-0.2, -0.15) is 0 Å². The minimum Gasteiger partial charge on any atom is -0.290 e. The fourth-order valence-corrected chi connectivity index (χ4v) is 5.49. The van der Waals surface area contributed by atoms with Crippen LogP contribution in [0.25, 0.3) is 0 Å². The summed E-state index contributed by atoms with van der Waals surface area (Å²) in [6, 6.07) is 25.6. The van der Waals surface area contributed by atoms with Crippen molar-refractivity contribution < 1.29 is 4.21 Å². The van der Waals surface area contributed by atoms with Gasteiger partial charge in [0.05, 0.1) is 27.3 Å². The lowest BCUT2D eigenvalue weighted by Crippen LogP contribution is -2.57. The number of piperidine rings is 1. The van der Waals surface area contributed by atoms with Gasteiger partial charge >= 0.3 is 0 Å². The van der Waals surface area contributed by atoms with Gasteiger partial charge in [0, 0.05) is 18.9 Å². The Morgan fingerprint density at radius 1 is 0.969 bits per heavy atom. The monoisotopic (exact) mass is 447 g/mol. The van der Waals surface area contributed by atoms with Crippen molar-refractivity contribution in [3.63, 3.8) is 0 Å². The molecule has 1 N–H and O–H groups in total. The van der Waals surface area contributed by atoms with E-state index in [4.69, 9.17) is 0 Å². The average Bonchev–Trinajstić information content (AvgIpc) is 2.81. The number of hydrogen-bond donors (Lipinski definition) is 1. The van der Waals surface area contributed by atoms with E-state index in [1.807, 2.05) is 33.0 Å². The summed E-state index contributed by atoms with van der Waals surface area (Å²) in [5.41, 5.74) is 3.23. The largest absolute Gasteiger partial charge is 0.290 e. The van der Waals surface area contributed by atoms with Crippen LogP contribution < -0.4 is 4.72 Å². The zero-order valence-electron chi connectivity index (χ0n) is 19.2. The number of pyridine rings is 1. The van der Waals surface area contributed by atoms with Crippen molar-refractivity contribution in [1.82, 2.24) is 14.6 Å². The summed E-state index contributed by atoms with van der Waals surface area (Å²) in [7, 11) is -1.20. The summed E-state index contributed by atoms with van der Waals surface area (Å²) in [6.07, 6.45) is 5.67. The van der Waals surface area contributed by atoms with Gasteiger partial charge in [-0.15, -0.1) is 0 Å². The van der Waals surface area contributed by atoms with E-state index < -0.39 is 16.5 Å². The van der Waals surface area contributed by atoms with E-state index in [1.54, 1.807) is 6.20 Å². The minimum atomic E-state index is -1.20. The Labute approximate surface area is 194 Å². The van der Waals surface area contributed by atoms with Crippen LogP contribution in [0.3, 0.4) is 0 Å². The maximum Gasteiger partial charge on any atom is 0.0979 e. The van der Waals surface area contributed by atoms with E-state index in [0.717, 1.165) is 31.5 Å². The predicted molar refractivity (Wildman–Crippen MR) is 132 cm³/mol. The molecule has 2 atom stereocenters. The van der Waals surface area contributed by atoms with Crippen LogP contribution in [0.15, 0.2) is 85.2 Å².